The number of ether oxygens (including phenoxy) is 2. The van der Waals surface area contributed by atoms with Crippen molar-refractivity contribution in [1.82, 2.24) is 45.3 Å². The monoisotopic (exact) mass is 769 g/mol. The van der Waals surface area contributed by atoms with E-state index in [9.17, 15) is 18.8 Å². The number of esters is 1. The first-order valence-corrected chi connectivity index (χ1v) is 19.3. The van der Waals surface area contributed by atoms with E-state index in [1.165, 1.54) is 30.3 Å². The Hall–Kier alpha value is -5.25. The van der Waals surface area contributed by atoms with Gasteiger partial charge < -0.3 is 19.3 Å². The van der Waals surface area contributed by atoms with Crippen LogP contribution in [0.2, 0.25) is 0 Å². The summed E-state index contributed by atoms with van der Waals surface area (Å²) in [6.45, 7) is 9.04. The van der Waals surface area contributed by atoms with Crippen molar-refractivity contribution in [2.24, 2.45) is 0 Å². The number of piperidine rings is 1. The number of amides is 2. The van der Waals surface area contributed by atoms with Crippen LogP contribution in [-0.4, -0.2) is 137 Å². The Balaban J connectivity index is 1.11. The van der Waals surface area contributed by atoms with Gasteiger partial charge in [-0.1, -0.05) is 42.5 Å². The van der Waals surface area contributed by atoms with Crippen molar-refractivity contribution in [2.75, 3.05) is 73.1 Å². The molecule has 15 heteroatoms. The zero-order valence-corrected chi connectivity index (χ0v) is 32.6. The summed E-state index contributed by atoms with van der Waals surface area (Å²) in [4.78, 5) is 46.7. The third kappa shape index (κ3) is 9.40. The Morgan fingerprint density at radius 3 is 2.32 bits per heavy atom. The molecule has 2 amide bonds. The third-order valence-electron chi connectivity index (χ3n) is 11.2. The average molecular weight is 770 g/mol. The number of methoxy groups -OCH3 is 1. The number of rotatable bonds is 15. The van der Waals surface area contributed by atoms with Crippen LogP contribution < -0.4 is 10.2 Å². The van der Waals surface area contributed by atoms with Crippen molar-refractivity contribution in [3.8, 4) is 11.4 Å². The number of hydrogen-bond donors (Lipinski definition) is 1. The van der Waals surface area contributed by atoms with Crippen LogP contribution in [0.3, 0.4) is 0 Å². The van der Waals surface area contributed by atoms with E-state index in [1.807, 2.05) is 42.3 Å². The molecule has 2 saturated heterocycles. The maximum atomic E-state index is 14.3. The molecule has 1 N–H and O–H groups in total. The van der Waals surface area contributed by atoms with E-state index >= 15 is 0 Å². The number of tetrazole rings is 1. The van der Waals surface area contributed by atoms with Gasteiger partial charge in [0.2, 0.25) is 5.91 Å². The fraction of sp³-hybridized carbons (Fsp3) is 0.463. The lowest BCUT2D eigenvalue weighted by molar-refractivity contribution is -0.150. The highest BCUT2D eigenvalue weighted by atomic mass is 19.1. The number of carbonyl (C=O) groups is 3. The first-order valence-electron chi connectivity index (χ1n) is 19.3. The van der Waals surface area contributed by atoms with E-state index in [0.29, 0.717) is 88.7 Å². The summed E-state index contributed by atoms with van der Waals surface area (Å²) in [5.41, 5.74) is 5.47. The van der Waals surface area contributed by atoms with Gasteiger partial charge in [-0.2, -0.15) is 0 Å². The molecule has 3 heterocycles. The van der Waals surface area contributed by atoms with E-state index in [1.54, 1.807) is 49.2 Å². The van der Waals surface area contributed by atoms with Gasteiger partial charge in [0.05, 0.1) is 30.4 Å². The molecule has 0 radical (unpaired) electrons. The highest BCUT2D eigenvalue weighted by Crippen LogP contribution is 2.37. The Morgan fingerprint density at radius 1 is 0.964 bits per heavy atom. The molecule has 3 aromatic carbocycles. The van der Waals surface area contributed by atoms with Crippen LogP contribution in [0, 0.1) is 5.82 Å². The molecule has 0 spiro atoms. The third-order valence-corrected chi connectivity index (χ3v) is 11.2. The number of piperazine rings is 1. The van der Waals surface area contributed by atoms with Gasteiger partial charge in [-0.05, 0) is 105 Å². The molecule has 4 aromatic rings. The Morgan fingerprint density at radius 2 is 1.68 bits per heavy atom. The van der Waals surface area contributed by atoms with Crippen molar-refractivity contribution in [2.45, 2.75) is 50.5 Å². The number of benzene rings is 3. The highest BCUT2D eigenvalue weighted by Gasteiger charge is 2.44. The Kier molecular flexibility index (Phi) is 13.4. The molecule has 0 saturated carbocycles. The van der Waals surface area contributed by atoms with Crippen molar-refractivity contribution >= 4 is 17.8 Å². The van der Waals surface area contributed by atoms with Crippen LogP contribution >= 0.6 is 0 Å². The fourth-order valence-corrected chi connectivity index (χ4v) is 7.79. The lowest BCUT2D eigenvalue weighted by atomic mass is 9.72. The second-order valence-corrected chi connectivity index (χ2v) is 14.5. The number of nitrogens with zero attached hydrogens (tertiary/aromatic N) is 8. The molecular formula is C41H52FN9O5. The number of aromatic nitrogens is 4. The highest BCUT2D eigenvalue weighted by molar-refractivity contribution is 5.97. The summed E-state index contributed by atoms with van der Waals surface area (Å²) in [6.07, 6.45) is 3.45. The lowest BCUT2D eigenvalue weighted by Crippen LogP contribution is -2.60. The van der Waals surface area contributed by atoms with Crippen LogP contribution in [0.15, 0.2) is 79.1 Å². The molecule has 1 aromatic heterocycles. The number of halogens is 1. The largest absolute Gasteiger partial charge is 0.496 e. The minimum Gasteiger partial charge on any atom is -0.496 e. The number of hydrogen-bond acceptors (Lipinski definition) is 11. The smallest absolute Gasteiger partial charge is 0.323 e. The normalized spacial score (nSPS) is 17.4. The standard InChI is InChI=1S/C41H52FN9O5/c1-5-56-39(53)30(2)49-23-25-50(26-24-49)44-40(54)41(33-9-7-6-8-10-33)18-21-48(22-19-41)20-17-32(31-11-13-34(42)14-12-31)28-47(3)38(52)36-27-35(15-16-37(36)55-4)51-29-43-45-46-51/h6-16,27,29-30,32H,5,17-26,28H2,1-4H3,(H,44,54). The first kappa shape index (κ1) is 40.4. The van der Waals surface area contributed by atoms with Crippen molar-refractivity contribution in [3.63, 3.8) is 0 Å². The topological polar surface area (TPSA) is 138 Å². The lowest BCUT2D eigenvalue weighted by Gasteiger charge is -2.43. The number of carbonyl (C=O) groups excluding carboxylic acids is 3. The summed E-state index contributed by atoms with van der Waals surface area (Å²) >= 11 is 0. The van der Waals surface area contributed by atoms with Crippen molar-refractivity contribution in [1.29, 1.82) is 0 Å². The SMILES string of the molecule is CCOC(=O)C(C)N1CCN(NC(=O)C2(c3ccccc3)CCN(CCC(CN(C)C(=O)c3cc(-n4cnnn4)ccc3OC)c3ccc(F)cc3)CC2)CC1. The van der Waals surface area contributed by atoms with Crippen molar-refractivity contribution in [3.05, 3.63) is 102 Å². The Bertz CT molecular complexity index is 1900. The van der Waals surface area contributed by atoms with Gasteiger partial charge >= 0.3 is 5.97 Å². The van der Waals surface area contributed by atoms with Gasteiger partial charge in [0, 0.05) is 45.7 Å². The van der Waals surface area contributed by atoms with E-state index in [0.717, 1.165) is 17.7 Å². The van der Waals surface area contributed by atoms with Gasteiger partial charge in [-0.25, -0.2) is 14.1 Å². The molecule has 6 rings (SSSR count). The molecule has 56 heavy (non-hydrogen) atoms. The fourth-order valence-electron chi connectivity index (χ4n) is 7.79. The van der Waals surface area contributed by atoms with E-state index in [2.05, 4.69) is 30.8 Å². The second-order valence-electron chi connectivity index (χ2n) is 14.5. The van der Waals surface area contributed by atoms with Crippen LogP contribution in [0.4, 0.5) is 4.39 Å². The Labute approximate surface area is 327 Å². The molecule has 2 fully saturated rings. The van der Waals surface area contributed by atoms with Crippen LogP contribution in [0.1, 0.15) is 60.5 Å². The molecule has 298 valence electrons. The maximum Gasteiger partial charge on any atom is 0.323 e. The van der Waals surface area contributed by atoms with Gasteiger partial charge in [-0.3, -0.25) is 24.7 Å². The van der Waals surface area contributed by atoms with Crippen LogP contribution in [-0.2, 0) is 19.7 Å². The van der Waals surface area contributed by atoms with Crippen LogP contribution in [0.5, 0.6) is 5.75 Å². The molecule has 2 unspecified atom stereocenters. The van der Waals surface area contributed by atoms with Crippen molar-refractivity contribution < 1.29 is 28.2 Å². The summed E-state index contributed by atoms with van der Waals surface area (Å²) in [7, 11) is 3.28. The predicted octanol–water partition coefficient (Wildman–Crippen LogP) is 3.69. The first-order chi connectivity index (χ1) is 27.1. The van der Waals surface area contributed by atoms with Crippen LogP contribution in [0.25, 0.3) is 5.69 Å². The molecule has 2 aliphatic heterocycles. The summed E-state index contributed by atoms with van der Waals surface area (Å²) in [6, 6.07) is 21.4. The number of likely N-dealkylation sites (N-methyl/N-ethyl adjacent to an activating group) is 1. The molecule has 2 atom stereocenters. The minimum atomic E-state index is -0.702. The minimum absolute atomic E-state index is 0.0147. The zero-order chi connectivity index (χ0) is 39.7. The zero-order valence-electron chi connectivity index (χ0n) is 32.6. The summed E-state index contributed by atoms with van der Waals surface area (Å²) < 4.78 is 26.3. The number of hydrazine groups is 1. The average Bonchev–Trinajstić information content (AvgIpc) is 3.78. The summed E-state index contributed by atoms with van der Waals surface area (Å²) in [5, 5.41) is 13.3. The van der Waals surface area contributed by atoms with Gasteiger partial charge in [0.1, 0.15) is 23.9 Å². The van der Waals surface area contributed by atoms with Gasteiger partial charge in [0.15, 0.2) is 0 Å². The molecule has 2 aliphatic rings. The summed E-state index contributed by atoms with van der Waals surface area (Å²) in [5.74, 6) is -0.446. The van der Waals surface area contributed by atoms with Gasteiger partial charge in [0.25, 0.3) is 5.91 Å². The second kappa shape index (κ2) is 18.6. The predicted molar refractivity (Wildman–Crippen MR) is 208 cm³/mol. The van der Waals surface area contributed by atoms with E-state index in [4.69, 9.17) is 9.47 Å². The van der Waals surface area contributed by atoms with E-state index < -0.39 is 5.41 Å². The molecular weight excluding hydrogens is 718 g/mol. The molecule has 14 nitrogen and oxygen atoms in total. The molecule has 0 bridgehead atoms. The quantitative estimate of drug-likeness (QED) is 0.177. The number of likely N-dealkylation sites (tertiary alicyclic amines) is 1. The maximum absolute atomic E-state index is 14.3. The molecule has 0 aliphatic carbocycles. The van der Waals surface area contributed by atoms with Gasteiger partial charge in [-0.15, -0.1) is 5.10 Å². The van der Waals surface area contributed by atoms with E-state index in [-0.39, 0.29) is 35.6 Å². The number of nitrogens with one attached hydrogen (secondary N) is 1.